The van der Waals surface area contributed by atoms with Crippen LogP contribution in [-0.2, 0) is 5.41 Å². The Morgan fingerprint density at radius 3 is 2.82 bits per heavy atom. The molecule has 0 bridgehead atoms. The summed E-state index contributed by atoms with van der Waals surface area (Å²) in [6.45, 7) is 0. The molecule has 0 aromatic carbocycles. The lowest BCUT2D eigenvalue weighted by Crippen LogP contribution is -2.07. The van der Waals surface area contributed by atoms with Gasteiger partial charge in [0.05, 0.1) is 0 Å². The maximum atomic E-state index is 5.86. The Labute approximate surface area is 71.4 Å². The normalized spacial score (nSPS) is 19.7. The van der Waals surface area contributed by atoms with Crippen LogP contribution in [0, 0.1) is 0 Å². The van der Waals surface area contributed by atoms with Gasteiger partial charge in [-0.3, -0.25) is 4.98 Å². The summed E-state index contributed by atoms with van der Waals surface area (Å²) in [5.74, 6) is 0.735. The van der Waals surface area contributed by atoms with Gasteiger partial charge in [0.15, 0.2) is 0 Å². The summed E-state index contributed by atoms with van der Waals surface area (Å²) in [7, 11) is 0. The second kappa shape index (κ2) is 2.49. The van der Waals surface area contributed by atoms with Crippen molar-refractivity contribution in [1.82, 2.24) is 4.98 Å². The molecule has 1 aromatic rings. The number of aromatic nitrogens is 1. The number of rotatable bonds is 2. The molecular formula is C9H10ClN. The predicted molar refractivity (Wildman–Crippen MR) is 45.9 cm³/mol. The highest BCUT2D eigenvalue weighted by atomic mass is 35.5. The van der Waals surface area contributed by atoms with Crippen molar-refractivity contribution in [2.45, 2.75) is 18.3 Å². The largest absolute Gasteiger partial charge is 0.264 e. The standard InChI is InChI=1S/C9H10ClN/c10-7-9(3-4-9)8-2-1-5-11-6-8/h1-2,5-6H,3-4,7H2. The van der Waals surface area contributed by atoms with E-state index in [2.05, 4.69) is 11.1 Å². The molecule has 1 nitrogen and oxygen atoms in total. The summed E-state index contributed by atoms with van der Waals surface area (Å²) in [5.41, 5.74) is 1.59. The minimum atomic E-state index is 0.288. The Kier molecular flexibility index (Phi) is 1.61. The molecule has 58 valence electrons. The SMILES string of the molecule is ClCC1(c2cccnc2)CC1. The van der Waals surface area contributed by atoms with E-state index in [9.17, 15) is 0 Å². The summed E-state index contributed by atoms with van der Waals surface area (Å²) < 4.78 is 0. The highest BCUT2D eigenvalue weighted by Gasteiger charge is 2.43. The van der Waals surface area contributed by atoms with E-state index in [0.29, 0.717) is 0 Å². The first-order valence-corrected chi connectivity index (χ1v) is 4.37. The Hall–Kier alpha value is -0.560. The van der Waals surface area contributed by atoms with Crippen LogP contribution in [0.25, 0.3) is 0 Å². The van der Waals surface area contributed by atoms with E-state index in [-0.39, 0.29) is 5.41 Å². The topological polar surface area (TPSA) is 12.9 Å². The molecule has 1 aromatic heterocycles. The molecule has 11 heavy (non-hydrogen) atoms. The Bertz CT molecular complexity index is 241. The van der Waals surface area contributed by atoms with Crippen molar-refractivity contribution in [2.75, 3.05) is 5.88 Å². The molecule has 0 spiro atoms. The zero-order chi connectivity index (χ0) is 7.73. The first-order chi connectivity index (χ1) is 5.37. The molecule has 1 aliphatic rings. The minimum Gasteiger partial charge on any atom is -0.264 e. The van der Waals surface area contributed by atoms with Crippen molar-refractivity contribution in [3.8, 4) is 0 Å². The number of nitrogens with zero attached hydrogens (tertiary/aromatic N) is 1. The van der Waals surface area contributed by atoms with Gasteiger partial charge >= 0.3 is 0 Å². The average molecular weight is 168 g/mol. The lowest BCUT2D eigenvalue weighted by atomic mass is 10.0. The molecule has 2 heteroatoms. The summed E-state index contributed by atoms with van der Waals surface area (Å²) in [4.78, 5) is 4.08. The highest BCUT2D eigenvalue weighted by molar-refractivity contribution is 6.19. The number of hydrogen-bond donors (Lipinski definition) is 0. The maximum Gasteiger partial charge on any atom is 0.0321 e. The third kappa shape index (κ3) is 1.14. The third-order valence-corrected chi connectivity index (χ3v) is 2.89. The molecule has 0 radical (unpaired) electrons. The van der Waals surface area contributed by atoms with Crippen LogP contribution in [0.1, 0.15) is 18.4 Å². The smallest absolute Gasteiger partial charge is 0.0321 e. The Balaban J connectivity index is 2.30. The van der Waals surface area contributed by atoms with Gasteiger partial charge in [-0.05, 0) is 24.5 Å². The Morgan fingerprint density at radius 2 is 2.36 bits per heavy atom. The molecule has 2 rings (SSSR count). The summed E-state index contributed by atoms with van der Waals surface area (Å²) in [6.07, 6.45) is 6.17. The molecule has 0 atom stereocenters. The molecule has 0 N–H and O–H groups in total. The van der Waals surface area contributed by atoms with E-state index >= 15 is 0 Å². The minimum absolute atomic E-state index is 0.288. The van der Waals surface area contributed by atoms with Crippen molar-refractivity contribution in [3.63, 3.8) is 0 Å². The number of hydrogen-bond acceptors (Lipinski definition) is 1. The summed E-state index contributed by atoms with van der Waals surface area (Å²) in [6, 6.07) is 4.09. The molecule has 1 saturated carbocycles. The van der Waals surface area contributed by atoms with E-state index in [0.717, 1.165) is 5.88 Å². The van der Waals surface area contributed by atoms with Crippen LogP contribution in [0.2, 0.25) is 0 Å². The lowest BCUT2D eigenvalue weighted by Gasteiger charge is -2.09. The van der Waals surface area contributed by atoms with Gasteiger partial charge in [-0.25, -0.2) is 0 Å². The van der Waals surface area contributed by atoms with Gasteiger partial charge in [0, 0.05) is 23.7 Å². The van der Waals surface area contributed by atoms with Crippen LogP contribution in [0.15, 0.2) is 24.5 Å². The number of halogens is 1. The van der Waals surface area contributed by atoms with E-state index in [1.165, 1.54) is 18.4 Å². The zero-order valence-electron chi connectivity index (χ0n) is 6.26. The van der Waals surface area contributed by atoms with Crippen LogP contribution in [0.3, 0.4) is 0 Å². The molecule has 0 amide bonds. The van der Waals surface area contributed by atoms with Crippen molar-refractivity contribution < 1.29 is 0 Å². The van der Waals surface area contributed by atoms with Crippen LogP contribution < -0.4 is 0 Å². The Morgan fingerprint density at radius 1 is 1.55 bits per heavy atom. The van der Waals surface area contributed by atoms with Gasteiger partial charge in [0.25, 0.3) is 0 Å². The van der Waals surface area contributed by atoms with Gasteiger partial charge in [-0.1, -0.05) is 6.07 Å². The number of alkyl halides is 1. The molecule has 0 aliphatic heterocycles. The fourth-order valence-electron chi connectivity index (χ4n) is 1.33. The van der Waals surface area contributed by atoms with Gasteiger partial charge in [-0.2, -0.15) is 0 Å². The first-order valence-electron chi connectivity index (χ1n) is 3.84. The van der Waals surface area contributed by atoms with Gasteiger partial charge in [-0.15, -0.1) is 11.6 Å². The van der Waals surface area contributed by atoms with E-state index in [1.807, 2.05) is 12.3 Å². The second-order valence-electron chi connectivity index (χ2n) is 3.16. The molecule has 0 unspecified atom stereocenters. The fraction of sp³-hybridized carbons (Fsp3) is 0.444. The first kappa shape index (κ1) is 7.11. The van der Waals surface area contributed by atoms with Gasteiger partial charge in [0.2, 0.25) is 0 Å². The highest BCUT2D eigenvalue weighted by Crippen LogP contribution is 2.48. The van der Waals surface area contributed by atoms with Gasteiger partial charge in [0.1, 0.15) is 0 Å². The lowest BCUT2D eigenvalue weighted by molar-refractivity contribution is 0.790. The van der Waals surface area contributed by atoms with Crippen molar-refractivity contribution in [1.29, 1.82) is 0 Å². The van der Waals surface area contributed by atoms with Crippen molar-refractivity contribution in [2.24, 2.45) is 0 Å². The van der Waals surface area contributed by atoms with Crippen LogP contribution >= 0.6 is 11.6 Å². The van der Waals surface area contributed by atoms with E-state index in [1.54, 1.807) is 6.20 Å². The molecule has 0 saturated heterocycles. The quantitative estimate of drug-likeness (QED) is 0.617. The summed E-state index contributed by atoms with van der Waals surface area (Å²) >= 11 is 5.86. The van der Waals surface area contributed by atoms with Crippen molar-refractivity contribution >= 4 is 11.6 Å². The molecular weight excluding hydrogens is 158 g/mol. The van der Waals surface area contributed by atoms with Gasteiger partial charge < -0.3 is 0 Å². The number of pyridine rings is 1. The van der Waals surface area contributed by atoms with Crippen LogP contribution in [0.5, 0.6) is 0 Å². The predicted octanol–water partition coefficient (Wildman–Crippen LogP) is 2.35. The fourth-order valence-corrected chi connectivity index (χ4v) is 1.75. The zero-order valence-corrected chi connectivity index (χ0v) is 7.01. The second-order valence-corrected chi connectivity index (χ2v) is 3.42. The van der Waals surface area contributed by atoms with E-state index in [4.69, 9.17) is 11.6 Å². The average Bonchev–Trinajstić information content (AvgIpc) is 2.86. The third-order valence-electron chi connectivity index (χ3n) is 2.38. The van der Waals surface area contributed by atoms with Crippen LogP contribution in [-0.4, -0.2) is 10.9 Å². The van der Waals surface area contributed by atoms with Crippen LogP contribution in [0.4, 0.5) is 0 Å². The maximum absolute atomic E-state index is 5.86. The molecule has 1 fully saturated rings. The monoisotopic (exact) mass is 167 g/mol. The molecule has 1 aliphatic carbocycles. The summed E-state index contributed by atoms with van der Waals surface area (Å²) in [5, 5.41) is 0. The van der Waals surface area contributed by atoms with E-state index < -0.39 is 0 Å². The van der Waals surface area contributed by atoms with Crippen molar-refractivity contribution in [3.05, 3.63) is 30.1 Å². The molecule has 1 heterocycles.